The minimum absolute atomic E-state index is 0.0320. The molecule has 2 saturated heterocycles. The molecule has 11 heteroatoms. The molecule has 3 aliphatic rings. The summed E-state index contributed by atoms with van der Waals surface area (Å²) in [5.41, 5.74) is 0.755. The lowest BCUT2D eigenvalue weighted by Gasteiger charge is -2.32. The van der Waals surface area contributed by atoms with Crippen molar-refractivity contribution in [2.75, 3.05) is 53.2 Å². The van der Waals surface area contributed by atoms with Crippen LogP contribution in [0, 0.1) is 5.92 Å². The van der Waals surface area contributed by atoms with E-state index in [1.165, 1.54) is 12.2 Å². The van der Waals surface area contributed by atoms with Gasteiger partial charge in [-0.2, -0.15) is 0 Å². The molecule has 0 aromatic heterocycles. The molecular formula is C28H41N3O8. The van der Waals surface area contributed by atoms with Crippen molar-refractivity contribution in [2.24, 2.45) is 5.92 Å². The number of amides is 2. The quantitative estimate of drug-likeness (QED) is 0.372. The van der Waals surface area contributed by atoms with Gasteiger partial charge >= 0.3 is 5.97 Å². The monoisotopic (exact) mass is 547 g/mol. The molecule has 0 radical (unpaired) electrons. The van der Waals surface area contributed by atoms with Crippen molar-refractivity contribution in [1.29, 1.82) is 0 Å². The normalized spacial score (nSPS) is 22.8. The molecule has 3 heterocycles. The molecule has 0 spiro atoms. The number of methoxy groups -OCH3 is 1. The van der Waals surface area contributed by atoms with Gasteiger partial charge in [0.15, 0.2) is 11.5 Å². The van der Waals surface area contributed by atoms with Crippen molar-refractivity contribution >= 4 is 17.8 Å². The molecule has 0 bridgehead atoms. The zero-order valence-electron chi connectivity index (χ0n) is 23.2. The highest BCUT2D eigenvalue weighted by molar-refractivity contribution is 5.79. The molecule has 1 N–H and O–H groups in total. The smallest absolute Gasteiger partial charge is 0.308 e. The number of carbonyl (C=O) groups is 3. The van der Waals surface area contributed by atoms with Gasteiger partial charge in [0.2, 0.25) is 18.4 Å². The van der Waals surface area contributed by atoms with Crippen molar-refractivity contribution < 1.29 is 38.5 Å². The Hall–Kier alpha value is -3.05. The summed E-state index contributed by atoms with van der Waals surface area (Å²) < 4.78 is 16.7. The largest absolute Gasteiger partial charge is 0.493 e. The van der Waals surface area contributed by atoms with Crippen molar-refractivity contribution in [3.63, 3.8) is 0 Å². The van der Waals surface area contributed by atoms with Crippen LogP contribution in [0.15, 0.2) is 12.1 Å². The van der Waals surface area contributed by atoms with Gasteiger partial charge in [-0.25, -0.2) is 5.06 Å². The molecule has 3 unspecified atom stereocenters. The van der Waals surface area contributed by atoms with Gasteiger partial charge in [-0.15, -0.1) is 0 Å². The van der Waals surface area contributed by atoms with Crippen LogP contribution in [-0.4, -0.2) is 97.0 Å². The van der Waals surface area contributed by atoms with E-state index in [2.05, 4.69) is 0 Å². The Bertz CT molecular complexity index is 1030. The summed E-state index contributed by atoms with van der Waals surface area (Å²) in [6, 6.07) is 3.17. The maximum absolute atomic E-state index is 13.4. The van der Waals surface area contributed by atoms with Gasteiger partial charge in [0.05, 0.1) is 26.2 Å². The van der Waals surface area contributed by atoms with E-state index < -0.39 is 23.8 Å². The Balaban J connectivity index is 1.62. The summed E-state index contributed by atoms with van der Waals surface area (Å²) in [6.45, 7) is 6.46. The molecule has 0 aliphatic carbocycles. The Morgan fingerprint density at radius 1 is 1.18 bits per heavy atom. The topological polar surface area (TPSA) is 118 Å². The van der Waals surface area contributed by atoms with Crippen LogP contribution in [0.4, 0.5) is 0 Å². The predicted octanol–water partition coefficient (Wildman–Crippen LogP) is 2.88. The lowest BCUT2D eigenvalue weighted by molar-refractivity contribution is -0.188. The number of carbonyl (C=O) groups excluding carboxylic acids is 2. The number of carboxylic acid groups (broad SMARTS) is 1. The third-order valence-electron chi connectivity index (χ3n) is 7.75. The van der Waals surface area contributed by atoms with Crippen LogP contribution in [0.3, 0.4) is 0 Å². The Morgan fingerprint density at radius 2 is 2.00 bits per heavy atom. The molecule has 11 nitrogen and oxygen atoms in total. The van der Waals surface area contributed by atoms with Gasteiger partial charge in [0, 0.05) is 44.6 Å². The standard InChI is InChI=1S/C28H41N3O8/c1-4-10-31(39-13-5-2)25(33)17-30-16-20(19-14-22(36-3)27-23(15-19)37-18-38-27)26(28(34)35)21(30)9-12-29-11-7-6-8-24(29)32/h14-15,20-21,26H,4-13,16-18H2,1-3H3,(H,34,35). The number of ether oxygens (including phenoxy) is 3. The van der Waals surface area contributed by atoms with Crippen LogP contribution in [-0.2, 0) is 19.2 Å². The van der Waals surface area contributed by atoms with E-state index in [0.717, 1.165) is 31.2 Å². The van der Waals surface area contributed by atoms with E-state index in [4.69, 9.17) is 19.0 Å². The summed E-state index contributed by atoms with van der Waals surface area (Å²) in [5.74, 6) is -0.742. The molecule has 2 amide bonds. The van der Waals surface area contributed by atoms with Crippen molar-refractivity contribution in [3.8, 4) is 17.2 Å². The lowest BCUT2D eigenvalue weighted by Crippen LogP contribution is -2.46. The second-order valence-electron chi connectivity index (χ2n) is 10.4. The van der Waals surface area contributed by atoms with E-state index in [1.54, 1.807) is 6.07 Å². The predicted molar refractivity (Wildman–Crippen MR) is 142 cm³/mol. The van der Waals surface area contributed by atoms with Crippen LogP contribution in [0.1, 0.15) is 63.9 Å². The van der Waals surface area contributed by atoms with Gasteiger partial charge in [-0.05, 0) is 49.8 Å². The van der Waals surface area contributed by atoms with Crippen molar-refractivity contribution in [1.82, 2.24) is 14.9 Å². The lowest BCUT2D eigenvalue weighted by atomic mass is 9.84. The second-order valence-corrected chi connectivity index (χ2v) is 10.4. The maximum Gasteiger partial charge on any atom is 0.308 e. The van der Waals surface area contributed by atoms with Gasteiger partial charge in [0.1, 0.15) is 0 Å². The fourth-order valence-electron chi connectivity index (χ4n) is 5.86. The molecule has 2 fully saturated rings. The number of hydrogen-bond donors (Lipinski definition) is 1. The molecule has 0 saturated carbocycles. The highest BCUT2D eigenvalue weighted by Crippen LogP contribution is 2.47. The minimum atomic E-state index is -0.936. The van der Waals surface area contributed by atoms with E-state index >= 15 is 0 Å². The molecule has 4 rings (SSSR count). The Labute approximate surface area is 229 Å². The number of hydrogen-bond acceptors (Lipinski definition) is 8. The number of fused-ring (bicyclic) bond motifs is 1. The van der Waals surface area contributed by atoms with Gasteiger partial charge < -0.3 is 24.2 Å². The average Bonchev–Trinajstić information content (AvgIpc) is 3.54. The zero-order valence-corrected chi connectivity index (χ0v) is 23.2. The molecule has 3 aliphatic heterocycles. The first-order valence-electron chi connectivity index (χ1n) is 14.0. The number of likely N-dealkylation sites (tertiary alicyclic amines) is 2. The first-order valence-corrected chi connectivity index (χ1v) is 14.0. The van der Waals surface area contributed by atoms with E-state index in [1.807, 2.05) is 29.7 Å². The SMILES string of the molecule is CCCON(CCC)C(=O)CN1CC(c2cc(OC)c3c(c2)OCO3)C(C(=O)O)C1CCN1CCCCC1=O. The third-order valence-corrected chi connectivity index (χ3v) is 7.75. The van der Waals surface area contributed by atoms with Crippen molar-refractivity contribution in [2.45, 2.75) is 64.3 Å². The summed E-state index contributed by atoms with van der Waals surface area (Å²) in [7, 11) is 1.53. The van der Waals surface area contributed by atoms with Crippen LogP contribution in [0.2, 0.25) is 0 Å². The highest BCUT2D eigenvalue weighted by Gasteiger charge is 2.48. The number of nitrogens with zero attached hydrogens (tertiary/aromatic N) is 3. The van der Waals surface area contributed by atoms with Gasteiger partial charge in [0.25, 0.3) is 5.91 Å². The molecule has 3 atom stereocenters. The first-order chi connectivity index (χ1) is 18.9. The van der Waals surface area contributed by atoms with Crippen LogP contribution >= 0.6 is 0 Å². The fraction of sp³-hybridized carbons (Fsp3) is 0.679. The number of hydroxylamine groups is 2. The highest BCUT2D eigenvalue weighted by atomic mass is 16.7. The maximum atomic E-state index is 13.4. The number of aliphatic carboxylic acids is 1. The van der Waals surface area contributed by atoms with Gasteiger partial charge in [-0.1, -0.05) is 13.8 Å². The van der Waals surface area contributed by atoms with Gasteiger partial charge in [-0.3, -0.25) is 24.1 Å². The van der Waals surface area contributed by atoms with E-state index in [-0.39, 0.29) is 25.2 Å². The average molecular weight is 548 g/mol. The summed E-state index contributed by atoms with van der Waals surface area (Å²) in [6.07, 6.45) is 4.33. The van der Waals surface area contributed by atoms with Crippen LogP contribution in [0.5, 0.6) is 17.2 Å². The summed E-state index contributed by atoms with van der Waals surface area (Å²) in [5, 5.41) is 11.9. The Morgan fingerprint density at radius 3 is 2.69 bits per heavy atom. The van der Waals surface area contributed by atoms with Crippen LogP contribution < -0.4 is 14.2 Å². The first kappa shape index (κ1) is 28.9. The molecule has 216 valence electrons. The Kier molecular flexibility index (Phi) is 9.90. The minimum Gasteiger partial charge on any atom is -0.493 e. The van der Waals surface area contributed by atoms with E-state index in [0.29, 0.717) is 62.9 Å². The summed E-state index contributed by atoms with van der Waals surface area (Å²) >= 11 is 0. The molecule has 1 aromatic carbocycles. The second kappa shape index (κ2) is 13.3. The van der Waals surface area contributed by atoms with Crippen LogP contribution in [0.25, 0.3) is 0 Å². The number of piperidine rings is 1. The third kappa shape index (κ3) is 6.58. The zero-order chi connectivity index (χ0) is 27.9. The van der Waals surface area contributed by atoms with E-state index in [9.17, 15) is 19.5 Å². The number of benzene rings is 1. The number of rotatable bonds is 13. The van der Waals surface area contributed by atoms with Crippen molar-refractivity contribution in [3.05, 3.63) is 17.7 Å². The molecule has 39 heavy (non-hydrogen) atoms. The molecule has 1 aromatic rings. The number of carboxylic acids is 1. The fourth-order valence-corrected chi connectivity index (χ4v) is 5.86. The summed E-state index contributed by atoms with van der Waals surface area (Å²) in [4.78, 5) is 48.1. The molecular weight excluding hydrogens is 506 g/mol.